The highest BCUT2D eigenvalue weighted by Crippen LogP contribution is 2.70. The average molecular weight is 550 g/mol. The number of carbonyl (C=O) groups excluding carboxylic acids is 3. The summed E-state index contributed by atoms with van der Waals surface area (Å²) < 4.78 is 24.3. The van der Waals surface area contributed by atoms with Crippen LogP contribution in [0.5, 0.6) is 0 Å². The van der Waals surface area contributed by atoms with Crippen molar-refractivity contribution in [2.45, 2.75) is 95.3 Å². The Labute approximate surface area is 224 Å². The third-order valence-corrected chi connectivity index (χ3v) is 10.6. The van der Waals surface area contributed by atoms with Crippen LogP contribution in [0.4, 0.5) is 4.79 Å². The molecule has 0 bridgehead atoms. The molecule has 1 saturated heterocycles. The Morgan fingerprint density at radius 1 is 1.29 bits per heavy atom. The fourth-order valence-electron chi connectivity index (χ4n) is 5.67. The van der Waals surface area contributed by atoms with Gasteiger partial charge in [0.2, 0.25) is 19.2 Å². The van der Waals surface area contributed by atoms with E-state index in [9.17, 15) is 23.8 Å². The Hall–Kier alpha value is -2.58. The third-order valence-electron chi connectivity index (χ3n) is 7.97. The summed E-state index contributed by atoms with van der Waals surface area (Å²) in [6.45, 7) is 9.66. The van der Waals surface area contributed by atoms with Crippen molar-refractivity contribution in [3.05, 3.63) is 36.8 Å². The molecular formula is C27H40N3O7P. The van der Waals surface area contributed by atoms with Crippen molar-refractivity contribution >= 4 is 25.3 Å². The number of amides is 3. The van der Waals surface area contributed by atoms with Crippen molar-refractivity contribution in [3.63, 3.8) is 0 Å². The SMILES string of the molecule is C=C[C@@H]1C[C@]1(NC(=O)[C@@H]1CCCN1C(=O)C(NC(=O)OC1CCCC1)C(C)(C)C)P(=O)(O)Cc1ccco1. The van der Waals surface area contributed by atoms with Gasteiger partial charge in [-0.15, -0.1) is 6.58 Å². The van der Waals surface area contributed by atoms with E-state index in [1.54, 1.807) is 18.2 Å². The lowest BCUT2D eigenvalue weighted by molar-refractivity contribution is -0.142. The summed E-state index contributed by atoms with van der Waals surface area (Å²) >= 11 is 0. The van der Waals surface area contributed by atoms with E-state index in [1.807, 2.05) is 20.8 Å². The van der Waals surface area contributed by atoms with Gasteiger partial charge in [-0.2, -0.15) is 0 Å². The molecule has 11 heteroatoms. The predicted octanol–water partition coefficient (Wildman–Crippen LogP) is 4.14. The summed E-state index contributed by atoms with van der Waals surface area (Å²) in [5.74, 6) is -0.848. The highest BCUT2D eigenvalue weighted by atomic mass is 31.2. The van der Waals surface area contributed by atoms with Crippen LogP contribution in [-0.4, -0.2) is 57.7 Å². The molecule has 1 aliphatic heterocycles. The van der Waals surface area contributed by atoms with Crippen molar-refractivity contribution in [2.75, 3.05) is 6.54 Å². The van der Waals surface area contributed by atoms with E-state index < -0.39 is 42.1 Å². The minimum atomic E-state index is -3.94. The van der Waals surface area contributed by atoms with Crippen LogP contribution in [0.1, 0.15) is 71.5 Å². The Bertz CT molecular complexity index is 1090. The molecule has 3 amide bonds. The first-order valence-electron chi connectivity index (χ1n) is 13.4. The predicted molar refractivity (Wildman–Crippen MR) is 141 cm³/mol. The van der Waals surface area contributed by atoms with E-state index in [-0.39, 0.29) is 30.5 Å². The first-order valence-corrected chi connectivity index (χ1v) is 15.3. The van der Waals surface area contributed by atoms with Gasteiger partial charge in [-0.05, 0) is 62.5 Å². The number of nitrogens with zero attached hydrogens (tertiary/aromatic N) is 1. The molecule has 10 nitrogen and oxygen atoms in total. The maximum Gasteiger partial charge on any atom is 0.408 e. The van der Waals surface area contributed by atoms with Crippen LogP contribution in [0.2, 0.25) is 0 Å². The van der Waals surface area contributed by atoms with Gasteiger partial charge in [0.05, 0.1) is 12.4 Å². The van der Waals surface area contributed by atoms with Gasteiger partial charge in [0.15, 0.2) is 0 Å². The summed E-state index contributed by atoms with van der Waals surface area (Å²) in [4.78, 5) is 52.4. The maximum atomic E-state index is 13.7. The van der Waals surface area contributed by atoms with Crippen LogP contribution in [0.15, 0.2) is 35.5 Å². The van der Waals surface area contributed by atoms with Gasteiger partial charge < -0.3 is 29.6 Å². The van der Waals surface area contributed by atoms with Crippen LogP contribution < -0.4 is 10.6 Å². The normalized spacial score (nSPS) is 27.8. The standard InChI is InChI=1S/C27H40N3O7P/c1-5-18-16-27(18,38(34,35)17-20-12-9-15-36-20)29-23(31)21-13-8-14-30(21)24(32)22(26(2,3)4)28-25(33)37-19-10-6-7-11-19/h5,9,12,15,18-19,21-22H,1,6-8,10-11,13-14,16-17H2,2-4H3,(H,28,33)(H,29,31)(H,34,35)/t18-,21+,22?,27+/m1/s1. The number of nitrogens with one attached hydrogen (secondary N) is 2. The van der Waals surface area contributed by atoms with Crippen molar-refractivity contribution in [1.82, 2.24) is 15.5 Å². The van der Waals surface area contributed by atoms with E-state index in [1.165, 1.54) is 11.2 Å². The lowest BCUT2D eigenvalue weighted by Crippen LogP contribution is -2.58. The van der Waals surface area contributed by atoms with Crippen LogP contribution >= 0.6 is 7.37 Å². The van der Waals surface area contributed by atoms with Gasteiger partial charge >= 0.3 is 6.09 Å². The Kier molecular flexibility index (Phi) is 8.15. The highest BCUT2D eigenvalue weighted by molar-refractivity contribution is 7.59. The summed E-state index contributed by atoms with van der Waals surface area (Å²) in [7, 11) is -3.94. The van der Waals surface area contributed by atoms with Gasteiger partial charge in [0.1, 0.15) is 29.2 Å². The fourth-order valence-corrected chi connectivity index (χ4v) is 7.94. The average Bonchev–Trinajstić information content (AvgIpc) is 3.34. The fraction of sp³-hybridized carbons (Fsp3) is 0.667. The number of rotatable bonds is 9. The minimum absolute atomic E-state index is 0.140. The van der Waals surface area contributed by atoms with Crippen LogP contribution in [0.25, 0.3) is 0 Å². The van der Waals surface area contributed by atoms with E-state index in [4.69, 9.17) is 9.15 Å². The second kappa shape index (κ2) is 10.9. The Balaban J connectivity index is 1.47. The zero-order chi connectivity index (χ0) is 27.7. The third kappa shape index (κ3) is 5.86. The topological polar surface area (TPSA) is 138 Å². The van der Waals surface area contributed by atoms with E-state index in [0.717, 1.165) is 25.7 Å². The molecule has 2 unspecified atom stereocenters. The van der Waals surface area contributed by atoms with Gasteiger partial charge in [-0.3, -0.25) is 14.2 Å². The zero-order valence-electron chi connectivity index (χ0n) is 22.5. The maximum absolute atomic E-state index is 13.7. The molecule has 1 aromatic heterocycles. The lowest BCUT2D eigenvalue weighted by Gasteiger charge is -2.36. The monoisotopic (exact) mass is 549 g/mol. The number of hydrogen-bond donors (Lipinski definition) is 3. The molecule has 2 aliphatic carbocycles. The van der Waals surface area contributed by atoms with Gasteiger partial charge in [0.25, 0.3) is 0 Å². The van der Waals surface area contributed by atoms with E-state index >= 15 is 0 Å². The van der Waals surface area contributed by atoms with Crippen molar-refractivity contribution in [3.8, 4) is 0 Å². The summed E-state index contributed by atoms with van der Waals surface area (Å²) in [5.41, 5.74) is -0.634. The molecule has 0 radical (unpaired) electrons. The molecule has 0 aromatic carbocycles. The number of alkyl carbamates (subject to hydrolysis) is 1. The summed E-state index contributed by atoms with van der Waals surface area (Å²) in [6.07, 6.45) is 7.01. The Morgan fingerprint density at radius 3 is 2.58 bits per heavy atom. The number of furan rings is 1. The molecular weight excluding hydrogens is 509 g/mol. The van der Waals surface area contributed by atoms with Crippen LogP contribution in [0, 0.1) is 11.3 Å². The minimum Gasteiger partial charge on any atom is -0.469 e. The van der Waals surface area contributed by atoms with Crippen molar-refractivity contribution < 1.29 is 33.0 Å². The quantitative estimate of drug-likeness (QED) is 0.311. The molecule has 5 atom stereocenters. The highest BCUT2D eigenvalue weighted by Gasteiger charge is 2.65. The zero-order valence-corrected chi connectivity index (χ0v) is 23.4. The largest absolute Gasteiger partial charge is 0.469 e. The molecule has 3 aliphatic rings. The first kappa shape index (κ1) is 28.4. The second-order valence-electron chi connectivity index (χ2n) is 11.8. The smallest absolute Gasteiger partial charge is 0.408 e. The molecule has 4 rings (SSSR count). The molecule has 3 fully saturated rings. The van der Waals surface area contributed by atoms with Gasteiger partial charge in [-0.1, -0.05) is 26.8 Å². The molecule has 1 aromatic rings. The molecule has 3 N–H and O–H groups in total. The summed E-state index contributed by atoms with van der Waals surface area (Å²) in [5, 5.41) is 4.25. The molecule has 2 heterocycles. The molecule has 210 valence electrons. The second-order valence-corrected chi connectivity index (χ2v) is 14.4. The number of hydrogen-bond acceptors (Lipinski definition) is 6. The summed E-state index contributed by atoms with van der Waals surface area (Å²) in [6, 6.07) is 1.55. The van der Waals surface area contributed by atoms with Crippen LogP contribution in [-0.2, 0) is 25.1 Å². The van der Waals surface area contributed by atoms with Crippen molar-refractivity contribution in [1.29, 1.82) is 0 Å². The molecule has 38 heavy (non-hydrogen) atoms. The Morgan fingerprint density at radius 2 is 2.00 bits per heavy atom. The van der Waals surface area contributed by atoms with Crippen LogP contribution in [0.3, 0.4) is 0 Å². The van der Waals surface area contributed by atoms with Gasteiger partial charge in [0, 0.05) is 12.5 Å². The number of likely N-dealkylation sites (tertiary alicyclic amines) is 1. The number of ether oxygens (including phenoxy) is 1. The van der Waals surface area contributed by atoms with Crippen molar-refractivity contribution in [2.24, 2.45) is 11.3 Å². The number of carbonyl (C=O) groups is 3. The first-order chi connectivity index (χ1) is 17.9. The van der Waals surface area contributed by atoms with Gasteiger partial charge in [-0.25, -0.2) is 4.79 Å². The van der Waals surface area contributed by atoms with E-state index in [2.05, 4.69) is 17.2 Å². The lowest BCUT2D eigenvalue weighted by atomic mass is 9.85. The molecule has 0 spiro atoms. The van der Waals surface area contributed by atoms with E-state index in [0.29, 0.717) is 25.1 Å². The molecule has 2 saturated carbocycles.